The number of aliphatic carboxylic acids is 1. The number of hydrogen-bond donors (Lipinski definition) is 1. The van der Waals surface area contributed by atoms with E-state index in [1.54, 1.807) is 13.0 Å². The molecule has 0 aliphatic carbocycles. The number of nitrogens with zero attached hydrogens (tertiary/aromatic N) is 1. The van der Waals surface area contributed by atoms with Gasteiger partial charge in [-0.15, -0.1) is 0 Å². The molecule has 0 fully saturated rings. The zero-order valence-electron chi connectivity index (χ0n) is 9.82. The van der Waals surface area contributed by atoms with E-state index in [-0.39, 0.29) is 18.5 Å². The molecule has 0 saturated heterocycles. The number of carboxylic acid groups (broad SMARTS) is 1. The SMILES string of the molecule is CCN(CCC(=O)O)C(=O)c1c(F)cccc1I. The van der Waals surface area contributed by atoms with Gasteiger partial charge in [-0.05, 0) is 41.6 Å². The van der Waals surface area contributed by atoms with Gasteiger partial charge in [0.25, 0.3) is 5.91 Å². The van der Waals surface area contributed by atoms with Crippen LogP contribution in [0.4, 0.5) is 4.39 Å². The molecule has 0 aliphatic heterocycles. The highest BCUT2D eigenvalue weighted by Gasteiger charge is 2.21. The largest absolute Gasteiger partial charge is 0.481 e. The molecule has 0 aliphatic rings. The lowest BCUT2D eigenvalue weighted by molar-refractivity contribution is -0.137. The van der Waals surface area contributed by atoms with Crippen LogP contribution in [0.1, 0.15) is 23.7 Å². The maximum Gasteiger partial charge on any atom is 0.305 e. The predicted molar refractivity (Wildman–Crippen MR) is 72.9 cm³/mol. The van der Waals surface area contributed by atoms with E-state index in [2.05, 4.69) is 0 Å². The summed E-state index contributed by atoms with van der Waals surface area (Å²) in [4.78, 5) is 23.9. The average Bonchev–Trinajstić information content (AvgIpc) is 2.29. The highest BCUT2D eigenvalue weighted by atomic mass is 127. The van der Waals surface area contributed by atoms with Crippen molar-refractivity contribution in [3.8, 4) is 0 Å². The lowest BCUT2D eigenvalue weighted by atomic mass is 10.2. The second-order valence-electron chi connectivity index (χ2n) is 3.63. The standard InChI is InChI=1S/C12H13FINO3/c1-2-15(7-6-10(16)17)12(18)11-8(13)4-3-5-9(11)14/h3-5H,2,6-7H2,1H3,(H,16,17). The molecular weight excluding hydrogens is 352 g/mol. The highest BCUT2D eigenvalue weighted by Crippen LogP contribution is 2.18. The quantitative estimate of drug-likeness (QED) is 0.816. The number of halogens is 2. The first-order chi connectivity index (χ1) is 8.47. The number of hydrogen-bond acceptors (Lipinski definition) is 2. The molecule has 1 aromatic rings. The third-order valence-corrected chi connectivity index (χ3v) is 3.34. The van der Waals surface area contributed by atoms with Gasteiger partial charge in [0, 0.05) is 16.7 Å². The molecule has 0 heterocycles. The third-order valence-electron chi connectivity index (χ3n) is 2.44. The van der Waals surface area contributed by atoms with Gasteiger partial charge in [-0.1, -0.05) is 6.07 Å². The normalized spacial score (nSPS) is 10.2. The van der Waals surface area contributed by atoms with Gasteiger partial charge in [-0.3, -0.25) is 9.59 Å². The van der Waals surface area contributed by atoms with Crippen LogP contribution in [0.25, 0.3) is 0 Å². The highest BCUT2D eigenvalue weighted by molar-refractivity contribution is 14.1. The number of carbonyl (C=O) groups excluding carboxylic acids is 1. The zero-order chi connectivity index (χ0) is 13.7. The minimum atomic E-state index is -0.982. The van der Waals surface area contributed by atoms with Crippen LogP contribution in [0.3, 0.4) is 0 Å². The summed E-state index contributed by atoms with van der Waals surface area (Å²) in [5, 5.41) is 8.61. The van der Waals surface area contributed by atoms with Gasteiger partial charge in [0.05, 0.1) is 12.0 Å². The first-order valence-corrected chi connectivity index (χ1v) is 6.50. The summed E-state index contributed by atoms with van der Waals surface area (Å²) in [5.74, 6) is -2.04. The fourth-order valence-corrected chi connectivity index (χ4v) is 2.19. The summed E-state index contributed by atoms with van der Waals surface area (Å²) in [7, 11) is 0. The summed E-state index contributed by atoms with van der Waals surface area (Å²) in [6.45, 7) is 2.15. The van der Waals surface area contributed by atoms with Crippen molar-refractivity contribution in [2.24, 2.45) is 0 Å². The first-order valence-electron chi connectivity index (χ1n) is 5.42. The minimum Gasteiger partial charge on any atom is -0.481 e. The Hall–Kier alpha value is -1.18. The number of amides is 1. The number of carboxylic acids is 1. The number of carbonyl (C=O) groups is 2. The summed E-state index contributed by atoms with van der Waals surface area (Å²) >= 11 is 1.89. The molecule has 18 heavy (non-hydrogen) atoms. The monoisotopic (exact) mass is 365 g/mol. The van der Waals surface area contributed by atoms with Crippen molar-refractivity contribution in [1.29, 1.82) is 0 Å². The Kier molecular flexibility index (Phi) is 5.52. The van der Waals surface area contributed by atoms with Crippen LogP contribution < -0.4 is 0 Å². The van der Waals surface area contributed by atoms with Crippen molar-refractivity contribution in [3.63, 3.8) is 0 Å². The molecular formula is C12H13FINO3. The molecule has 4 nitrogen and oxygen atoms in total. The Morgan fingerprint density at radius 3 is 2.61 bits per heavy atom. The van der Waals surface area contributed by atoms with E-state index >= 15 is 0 Å². The van der Waals surface area contributed by atoms with Crippen LogP contribution in [-0.2, 0) is 4.79 Å². The smallest absolute Gasteiger partial charge is 0.305 e. The number of rotatable bonds is 5. The zero-order valence-corrected chi connectivity index (χ0v) is 12.0. The van der Waals surface area contributed by atoms with Gasteiger partial charge >= 0.3 is 5.97 Å². The minimum absolute atomic E-state index is 0.00494. The van der Waals surface area contributed by atoms with Crippen molar-refractivity contribution < 1.29 is 19.1 Å². The Labute approximate surface area is 118 Å². The Morgan fingerprint density at radius 1 is 1.44 bits per heavy atom. The van der Waals surface area contributed by atoms with Crippen LogP contribution in [0.2, 0.25) is 0 Å². The van der Waals surface area contributed by atoms with Gasteiger partial charge in [0.15, 0.2) is 0 Å². The third kappa shape index (κ3) is 3.66. The molecule has 0 saturated carbocycles. The molecule has 1 aromatic carbocycles. The molecule has 1 amide bonds. The van der Waals surface area contributed by atoms with Crippen molar-refractivity contribution in [1.82, 2.24) is 4.90 Å². The lowest BCUT2D eigenvalue weighted by Gasteiger charge is -2.20. The molecule has 0 aromatic heterocycles. The van der Waals surface area contributed by atoms with Crippen LogP contribution in [0, 0.1) is 9.39 Å². The molecule has 1 rings (SSSR count). The summed E-state index contributed by atoms with van der Waals surface area (Å²) in [6.07, 6.45) is -0.148. The number of benzene rings is 1. The van der Waals surface area contributed by atoms with Crippen LogP contribution in [-0.4, -0.2) is 35.0 Å². The fraction of sp³-hybridized carbons (Fsp3) is 0.333. The second kappa shape index (κ2) is 6.67. The van der Waals surface area contributed by atoms with E-state index in [9.17, 15) is 14.0 Å². The molecule has 1 N–H and O–H groups in total. The average molecular weight is 365 g/mol. The van der Waals surface area contributed by atoms with Crippen LogP contribution in [0.15, 0.2) is 18.2 Å². The fourth-order valence-electron chi connectivity index (χ4n) is 1.49. The van der Waals surface area contributed by atoms with E-state index in [4.69, 9.17) is 5.11 Å². The van der Waals surface area contributed by atoms with E-state index < -0.39 is 17.7 Å². The van der Waals surface area contributed by atoms with Gasteiger partial charge in [0.2, 0.25) is 0 Å². The Balaban J connectivity index is 2.93. The van der Waals surface area contributed by atoms with E-state index in [0.717, 1.165) is 0 Å². The van der Waals surface area contributed by atoms with E-state index in [1.165, 1.54) is 17.0 Å². The van der Waals surface area contributed by atoms with Crippen molar-refractivity contribution >= 4 is 34.5 Å². The molecule has 98 valence electrons. The Bertz CT molecular complexity index is 444. The van der Waals surface area contributed by atoms with Crippen molar-refractivity contribution in [3.05, 3.63) is 33.1 Å². The lowest BCUT2D eigenvalue weighted by Crippen LogP contribution is -2.34. The van der Waals surface area contributed by atoms with E-state index in [0.29, 0.717) is 10.1 Å². The van der Waals surface area contributed by atoms with Crippen LogP contribution in [0.5, 0.6) is 0 Å². The molecule has 0 atom stereocenters. The summed E-state index contributed by atoms with van der Waals surface area (Å²) in [6, 6.07) is 4.39. The Morgan fingerprint density at radius 2 is 2.11 bits per heavy atom. The van der Waals surface area contributed by atoms with E-state index in [1.807, 2.05) is 22.6 Å². The first kappa shape index (κ1) is 14.9. The summed E-state index contributed by atoms with van der Waals surface area (Å²) < 4.78 is 14.1. The van der Waals surface area contributed by atoms with Crippen molar-refractivity contribution in [2.45, 2.75) is 13.3 Å². The topological polar surface area (TPSA) is 57.6 Å². The summed E-state index contributed by atoms with van der Waals surface area (Å²) in [5.41, 5.74) is 0.00494. The second-order valence-corrected chi connectivity index (χ2v) is 4.79. The molecule has 0 bridgehead atoms. The molecule has 0 radical (unpaired) electrons. The molecule has 6 heteroatoms. The van der Waals surface area contributed by atoms with Gasteiger partial charge in [-0.25, -0.2) is 4.39 Å². The molecule has 0 spiro atoms. The molecule has 0 unspecified atom stereocenters. The predicted octanol–water partition coefficient (Wildman–Crippen LogP) is 2.37. The van der Waals surface area contributed by atoms with Gasteiger partial charge in [-0.2, -0.15) is 0 Å². The maximum absolute atomic E-state index is 13.6. The maximum atomic E-state index is 13.6. The van der Waals surface area contributed by atoms with Crippen molar-refractivity contribution in [2.75, 3.05) is 13.1 Å². The van der Waals surface area contributed by atoms with Crippen LogP contribution >= 0.6 is 22.6 Å². The van der Waals surface area contributed by atoms with Gasteiger partial charge in [0.1, 0.15) is 5.82 Å². The van der Waals surface area contributed by atoms with Gasteiger partial charge < -0.3 is 10.0 Å².